The SMILES string of the molecule is CCn1c(SCC(=O)N2CCC[C@@H]3CCCC[C@H]32)nnc1-c1ccccc1. The van der Waals surface area contributed by atoms with Crippen molar-refractivity contribution in [1.29, 1.82) is 0 Å². The maximum absolute atomic E-state index is 13.0. The molecular formula is C21H28N4OS. The highest BCUT2D eigenvalue weighted by atomic mass is 32.2. The highest BCUT2D eigenvalue weighted by molar-refractivity contribution is 7.99. The number of piperidine rings is 1. The number of aromatic nitrogens is 3. The molecule has 1 aliphatic carbocycles. The Morgan fingerprint density at radius 1 is 1.11 bits per heavy atom. The van der Waals surface area contributed by atoms with Crippen molar-refractivity contribution in [2.75, 3.05) is 12.3 Å². The molecule has 27 heavy (non-hydrogen) atoms. The van der Waals surface area contributed by atoms with Crippen molar-refractivity contribution < 1.29 is 4.79 Å². The van der Waals surface area contributed by atoms with Gasteiger partial charge >= 0.3 is 0 Å². The van der Waals surface area contributed by atoms with E-state index in [4.69, 9.17) is 0 Å². The van der Waals surface area contributed by atoms with E-state index in [9.17, 15) is 4.79 Å². The average Bonchev–Trinajstić information content (AvgIpc) is 3.15. The van der Waals surface area contributed by atoms with E-state index in [1.165, 1.54) is 43.9 Å². The van der Waals surface area contributed by atoms with Crippen LogP contribution < -0.4 is 0 Å². The van der Waals surface area contributed by atoms with Crippen LogP contribution in [0.5, 0.6) is 0 Å². The van der Waals surface area contributed by atoms with E-state index in [-0.39, 0.29) is 5.91 Å². The predicted octanol–water partition coefficient (Wildman–Crippen LogP) is 4.24. The molecule has 2 fully saturated rings. The highest BCUT2D eigenvalue weighted by Crippen LogP contribution is 2.35. The zero-order valence-corrected chi connectivity index (χ0v) is 16.8. The third-order valence-electron chi connectivity index (χ3n) is 5.95. The Hall–Kier alpha value is -1.82. The molecule has 0 unspecified atom stereocenters. The van der Waals surface area contributed by atoms with Crippen molar-refractivity contribution in [3.8, 4) is 11.4 Å². The van der Waals surface area contributed by atoms with Gasteiger partial charge < -0.3 is 9.47 Å². The van der Waals surface area contributed by atoms with E-state index in [0.29, 0.717) is 11.8 Å². The van der Waals surface area contributed by atoms with Crippen molar-refractivity contribution in [1.82, 2.24) is 19.7 Å². The summed E-state index contributed by atoms with van der Waals surface area (Å²) in [6.07, 6.45) is 7.53. The van der Waals surface area contributed by atoms with Gasteiger partial charge in [-0.3, -0.25) is 4.79 Å². The van der Waals surface area contributed by atoms with Gasteiger partial charge in [-0.2, -0.15) is 0 Å². The second kappa shape index (κ2) is 8.46. The molecule has 6 heteroatoms. The Morgan fingerprint density at radius 3 is 2.70 bits per heavy atom. The van der Waals surface area contributed by atoms with E-state index < -0.39 is 0 Å². The summed E-state index contributed by atoms with van der Waals surface area (Å²) < 4.78 is 2.10. The van der Waals surface area contributed by atoms with Gasteiger partial charge in [0.05, 0.1) is 5.75 Å². The third kappa shape index (κ3) is 3.91. The number of hydrogen-bond donors (Lipinski definition) is 0. The first-order chi connectivity index (χ1) is 13.3. The van der Waals surface area contributed by atoms with Crippen LogP contribution in [0.4, 0.5) is 0 Å². The largest absolute Gasteiger partial charge is 0.339 e. The summed E-state index contributed by atoms with van der Waals surface area (Å²) in [6.45, 7) is 3.82. The molecule has 2 heterocycles. The van der Waals surface area contributed by atoms with Crippen LogP contribution in [-0.2, 0) is 11.3 Å². The average molecular weight is 385 g/mol. The number of benzene rings is 1. The molecule has 0 bridgehead atoms. The number of hydrogen-bond acceptors (Lipinski definition) is 4. The van der Waals surface area contributed by atoms with Crippen LogP contribution in [0.2, 0.25) is 0 Å². The molecule has 0 spiro atoms. The second-order valence-corrected chi connectivity index (χ2v) is 8.49. The molecule has 1 amide bonds. The number of thioether (sulfide) groups is 1. The van der Waals surface area contributed by atoms with Gasteiger partial charge in [0.2, 0.25) is 5.91 Å². The van der Waals surface area contributed by atoms with Crippen molar-refractivity contribution >= 4 is 17.7 Å². The summed E-state index contributed by atoms with van der Waals surface area (Å²) in [4.78, 5) is 15.1. The van der Waals surface area contributed by atoms with Crippen molar-refractivity contribution in [2.24, 2.45) is 5.92 Å². The first kappa shape index (κ1) is 18.5. The summed E-state index contributed by atoms with van der Waals surface area (Å²) in [5.41, 5.74) is 1.06. The molecule has 4 rings (SSSR count). The van der Waals surface area contributed by atoms with Gasteiger partial charge in [0.1, 0.15) is 0 Å². The number of carbonyl (C=O) groups excluding carboxylic acids is 1. The molecule has 2 atom stereocenters. The molecule has 0 N–H and O–H groups in total. The van der Waals surface area contributed by atoms with Crippen LogP contribution in [0, 0.1) is 5.92 Å². The van der Waals surface area contributed by atoms with Crippen molar-refractivity contribution in [3.63, 3.8) is 0 Å². The quantitative estimate of drug-likeness (QED) is 0.724. The summed E-state index contributed by atoms with van der Waals surface area (Å²) in [5, 5.41) is 9.58. The summed E-state index contributed by atoms with van der Waals surface area (Å²) in [6, 6.07) is 10.6. The normalized spacial score (nSPS) is 22.5. The Morgan fingerprint density at radius 2 is 1.89 bits per heavy atom. The summed E-state index contributed by atoms with van der Waals surface area (Å²) in [5.74, 6) is 2.32. The van der Waals surface area contributed by atoms with E-state index in [0.717, 1.165) is 42.0 Å². The van der Waals surface area contributed by atoms with E-state index >= 15 is 0 Å². The molecule has 5 nitrogen and oxygen atoms in total. The number of carbonyl (C=O) groups is 1. The van der Waals surface area contributed by atoms with Gasteiger partial charge in [-0.15, -0.1) is 10.2 Å². The first-order valence-corrected chi connectivity index (χ1v) is 11.2. The van der Waals surface area contributed by atoms with Crippen LogP contribution in [0.1, 0.15) is 45.4 Å². The van der Waals surface area contributed by atoms with Gasteiger partial charge in [-0.05, 0) is 38.5 Å². The Bertz CT molecular complexity index is 774. The van der Waals surface area contributed by atoms with Crippen LogP contribution in [-0.4, -0.2) is 43.9 Å². The number of amides is 1. The van der Waals surface area contributed by atoms with Crippen LogP contribution in [0.3, 0.4) is 0 Å². The topological polar surface area (TPSA) is 51.0 Å². The van der Waals surface area contributed by atoms with Crippen molar-refractivity contribution in [2.45, 2.75) is 63.2 Å². The Balaban J connectivity index is 1.44. The standard InChI is InChI=1S/C21H28N4OS/c1-2-24-20(17-10-4-3-5-11-17)22-23-21(24)27-15-19(26)25-14-8-12-16-9-6-7-13-18(16)25/h3-5,10-11,16,18H,2,6-9,12-15H2,1H3/t16-,18+/m0/s1. The molecule has 0 radical (unpaired) electrons. The summed E-state index contributed by atoms with van der Waals surface area (Å²) >= 11 is 1.53. The Labute approximate surface area is 165 Å². The van der Waals surface area contributed by atoms with Crippen LogP contribution in [0.15, 0.2) is 35.5 Å². The molecule has 1 aromatic carbocycles. The smallest absolute Gasteiger partial charge is 0.233 e. The lowest BCUT2D eigenvalue weighted by molar-refractivity contribution is -0.134. The Kier molecular flexibility index (Phi) is 5.81. The lowest BCUT2D eigenvalue weighted by Gasteiger charge is -2.44. The fraction of sp³-hybridized carbons (Fsp3) is 0.571. The number of rotatable bonds is 5. The number of nitrogens with zero attached hydrogens (tertiary/aromatic N) is 4. The molecule has 2 aromatic rings. The fourth-order valence-corrected chi connectivity index (χ4v) is 5.51. The lowest BCUT2D eigenvalue weighted by atomic mass is 9.78. The van der Waals surface area contributed by atoms with E-state index in [2.05, 4.69) is 26.6 Å². The van der Waals surface area contributed by atoms with Gasteiger partial charge in [0, 0.05) is 24.7 Å². The van der Waals surface area contributed by atoms with E-state index in [1.807, 2.05) is 30.3 Å². The fourth-order valence-electron chi connectivity index (χ4n) is 4.62. The molecule has 1 aromatic heterocycles. The minimum Gasteiger partial charge on any atom is -0.339 e. The molecule has 144 valence electrons. The summed E-state index contributed by atoms with van der Waals surface area (Å²) in [7, 11) is 0. The monoisotopic (exact) mass is 384 g/mol. The van der Waals surface area contributed by atoms with Crippen molar-refractivity contribution in [3.05, 3.63) is 30.3 Å². The van der Waals surface area contributed by atoms with E-state index in [1.54, 1.807) is 0 Å². The maximum Gasteiger partial charge on any atom is 0.233 e. The van der Waals surface area contributed by atoms with Crippen LogP contribution >= 0.6 is 11.8 Å². The van der Waals surface area contributed by atoms with Gasteiger partial charge in [0.15, 0.2) is 11.0 Å². The maximum atomic E-state index is 13.0. The third-order valence-corrected chi connectivity index (χ3v) is 6.90. The second-order valence-electron chi connectivity index (χ2n) is 7.55. The molecule has 1 saturated carbocycles. The zero-order chi connectivity index (χ0) is 18.6. The molecule has 2 aliphatic rings. The van der Waals surface area contributed by atoms with Gasteiger partial charge in [0.25, 0.3) is 0 Å². The highest BCUT2D eigenvalue weighted by Gasteiger charge is 2.35. The minimum atomic E-state index is 0.267. The molecule has 1 saturated heterocycles. The number of likely N-dealkylation sites (tertiary alicyclic amines) is 1. The van der Waals surface area contributed by atoms with Gasteiger partial charge in [-0.25, -0.2) is 0 Å². The lowest BCUT2D eigenvalue weighted by Crippen LogP contribution is -2.50. The molecular weight excluding hydrogens is 356 g/mol. The van der Waals surface area contributed by atoms with Crippen LogP contribution in [0.25, 0.3) is 11.4 Å². The zero-order valence-electron chi connectivity index (χ0n) is 16.0. The van der Waals surface area contributed by atoms with Gasteiger partial charge in [-0.1, -0.05) is 54.9 Å². The minimum absolute atomic E-state index is 0.267. The predicted molar refractivity (Wildman–Crippen MR) is 109 cm³/mol. The first-order valence-electron chi connectivity index (χ1n) is 10.2. The molecule has 1 aliphatic heterocycles. The number of fused-ring (bicyclic) bond motifs is 1.